The van der Waals surface area contributed by atoms with Crippen LogP contribution in [0.1, 0.15) is 44.2 Å². The molecule has 0 aliphatic carbocycles. The SMILES string of the molecule is COc1cc(CCC2CC(CCc3ccc(O)c(O)c3)OC(C)(C)O2)ccc1O. The molecule has 3 N–H and O–H groups in total. The average Bonchev–Trinajstić information content (AvgIpc) is 2.67. The molecule has 2 aromatic rings. The lowest BCUT2D eigenvalue weighted by Crippen LogP contribution is -2.44. The number of ether oxygens (including phenoxy) is 3. The Morgan fingerprint density at radius 3 is 1.97 bits per heavy atom. The summed E-state index contributed by atoms with van der Waals surface area (Å²) < 4.78 is 17.4. The fourth-order valence-corrected chi connectivity index (χ4v) is 3.83. The van der Waals surface area contributed by atoms with E-state index in [1.165, 1.54) is 6.07 Å². The molecule has 1 aliphatic heterocycles. The lowest BCUT2D eigenvalue weighted by atomic mass is 9.97. The van der Waals surface area contributed by atoms with Gasteiger partial charge in [0.1, 0.15) is 0 Å². The number of hydrogen-bond acceptors (Lipinski definition) is 6. The highest BCUT2D eigenvalue weighted by Crippen LogP contribution is 2.33. The summed E-state index contributed by atoms with van der Waals surface area (Å²) in [5.74, 6) is -0.246. The lowest BCUT2D eigenvalue weighted by Gasteiger charge is -2.41. The second-order valence-corrected chi connectivity index (χ2v) is 8.02. The lowest BCUT2D eigenvalue weighted by molar-refractivity contribution is -0.301. The molecule has 0 amide bonds. The maximum Gasteiger partial charge on any atom is 0.163 e. The largest absolute Gasteiger partial charge is 0.504 e. The Morgan fingerprint density at radius 1 is 0.862 bits per heavy atom. The normalized spacial score (nSPS) is 21.1. The van der Waals surface area contributed by atoms with Crippen molar-refractivity contribution in [3.8, 4) is 23.0 Å². The molecule has 0 bridgehead atoms. The van der Waals surface area contributed by atoms with Gasteiger partial charge in [0, 0.05) is 6.42 Å². The van der Waals surface area contributed by atoms with E-state index in [1.807, 2.05) is 32.0 Å². The van der Waals surface area contributed by atoms with Crippen molar-refractivity contribution >= 4 is 0 Å². The van der Waals surface area contributed by atoms with Crippen LogP contribution in [-0.4, -0.2) is 40.4 Å². The molecule has 3 rings (SSSR count). The number of benzene rings is 2. The minimum absolute atomic E-state index is 0.0500. The zero-order valence-corrected chi connectivity index (χ0v) is 17.2. The molecule has 0 aromatic heterocycles. The number of methoxy groups -OCH3 is 1. The van der Waals surface area contributed by atoms with Crippen molar-refractivity contribution in [2.45, 2.75) is 63.9 Å². The summed E-state index contributed by atoms with van der Waals surface area (Å²) in [4.78, 5) is 0. The second-order valence-electron chi connectivity index (χ2n) is 8.02. The van der Waals surface area contributed by atoms with Gasteiger partial charge in [0.15, 0.2) is 28.8 Å². The van der Waals surface area contributed by atoms with Crippen molar-refractivity contribution in [1.82, 2.24) is 0 Å². The predicted octanol–water partition coefficient (Wildman–Crippen LogP) is 4.29. The Bertz CT molecular complexity index is 832. The van der Waals surface area contributed by atoms with Crippen LogP contribution in [0.5, 0.6) is 23.0 Å². The van der Waals surface area contributed by atoms with E-state index in [-0.39, 0.29) is 29.5 Å². The highest BCUT2D eigenvalue weighted by atomic mass is 16.7. The van der Waals surface area contributed by atoms with E-state index < -0.39 is 5.79 Å². The third-order valence-corrected chi connectivity index (χ3v) is 5.22. The maximum absolute atomic E-state index is 9.74. The van der Waals surface area contributed by atoms with Crippen molar-refractivity contribution in [3.05, 3.63) is 47.5 Å². The molecule has 1 fully saturated rings. The van der Waals surface area contributed by atoms with Crippen molar-refractivity contribution in [2.24, 2.45) is 0 Å². The van der Waals surface area contributed by atoms with Gasteiger partial charge in [0.25, 0.3) is 0 Å². The highest BCUT2D eigenvalue weighted by molar-refractivity contribution is 5.42. The Morgan fingerprint density at radius 2 is 1.41 bits per heavy atom. The molecule has 1 aliphatic rings. The van der Waals surface area contributed by atoms with Crippen LogP contribution in [-0.2, 0) is 22.3 Å². The third kappa shape index (κ3) is 5.78. The summed E-state index contributed by atoms with van der Waals surface area (Å²) in [6.07, 6.45) is 4.12. The van der Waals surface area contributed by atoms with Crippen LogP contribution in [0.3, 0.4) is 0 Å². The van der Waals surface area contributed by atoms with Crippen LogP contribution in [0.25, 0.3) is 0 Å². The molecule has 1 saturated heterocycles. The van der Waals surface area contributed by atoms with Crippen LogP contribution in [0.4, 0.5) is 0 Å². The first-order valence-electron chi connectivity index (χ1n) is 9.98. The van der Waals surface area contributed by atoms with Crippen molar-refractivity contribution in [3.63, 3.8) is 0 Å². The Kier molecular flexibility index (Phi) is 6.55. The first-order chi connectivity index (χ1) is 13.8. The second kappa shape index (κ2) is 8.93. The summed E-state index contributed by atoms with van der Waals surface area (Å²) in [7, 11) is 1.54. The number of rotatable bonds is 7. The van der Waals surface area contributed by atoms with E-state index >= 15 is 0 Å². The summed E-state index contributed by atoms with van der Waals surface area (Å²) >= 11 is 0. The fraction of sp³-hybridized carbons (Fsp3) is 0.478. The predicted molar refractivity (Wildman–Crippen MR) is 110 cm³/mol. The molecule has 6 heteroatoms. The standard InChI is InChI=1S/C23H30O6/c1-23(2)28-17(8-4-15-6-10-19(24)21(26)12-15)14-18(29-23)9-5-16-7-11-20(25)22(13-16)27-3/h6-7,10-13,17-18,24-26H,4-5,8-9,14H2,1-3H3. The molecular formula is C23H30O6. The number of hydrogen-bond donors (Lipinski definition) is 3. The topological polar surface area (TPSA) is 88.4 Å². The Balaban J connectivity index is 1.57. The van der Waals surface area contributed by atoms with Crippen LogP contribution < -0.4 is 4.74 Å². The summed E-state index contributed by atoms with van der Waals surface area (Å²) in [5, 5.41) is 28.9. The monoisotopic (exact) mass is 402 g/mol. The van der Waals surface area contributed by atoms with Gasteiger partial charge in [-0.2, -0.15) is 0 Å². The minimum atomic E-state index is -0.655. The van der Waals surface area contributed by atoms with Gasteiger partial charge in [-0.1, -0.05) is 12.1 Å². The number of aryl methyl sites for hydroxylation is 2. The summed E-state index contributed by atoms with van der Waals surface area (Å²) in [6.45, 7) is 3.87. The zero-order chi connectivity index (χ0) is 21.0. The van der Waals surface area contributed by atoms with E-state index in [2.05, 4.69) is 0 Å². The van der Waals surface area contributed by atoms with Gasteiger partial charge in [-0.15, -0.1) is 0 Å². The first kappa shape index (κ1) is 21.3. The Labute approximate surface area is 171 Å². The molecule has 29 heavy (non-hydrogen) atoms. The summed E-state index contributed by atoms with van der Waals surface area (Å²) in [5.41, 5.74) is 2.05. The van der Waals surface area contributed by atoms with Crippen LogP contribution in [0, 0.1) is 0 Å². The van der Waals surface area contributed by atoms with Crippen molar-refractivity contribution in [1.29, 1.82) is 0 Å². The molecule has 6 nitrogen and oxygen atoms in total. The van der Waals surface area contributed by atoms with E-state index in [0.29, 0.717) is 5.75 Å². The maximum atomic E-state index is 9.74. The van der Waals surface area contributed by atoms with Gasteiger partial charge in [0.05, 0.1) is 19.3 Å². The van der Waals surface area contributed by atoms with E-state index in [4.69, 9.17) is 14.2 Å². The van der Waals surface area contributed by atoms with E-state index in [1.54, 1.807) is 19.2 Å². The molecular weight excluding hydrogens is 372 g/mol. The summed E-state index contributed by atoms with van der Waals surface area (Å²) in [6, 6.07) is 10.3. The van der Waals surface area contributed by atoms with Crippen molar-refractivity contribution in [2.75, 3.05) is 7.11 Å². The third-order valence-electron chi connectivity index (χ3n) is 5.22. The van der Waals surface area contributed by atoms with Gasteiger partial charge in [-0.3, -0.25) is 0 Å². The number of phenols is 3. The molecule has 2 unspecified atom stereocenters. The van der Waals surface area contributed by atoms with Gasteiger partial charge >= 0.3 is 0 Å². The molecule has 158 valence electrons. The van der Waals surface area contributed by atoms with Gasteiger partial charge in [-0.25, -0.2) is 0 Å². The van der Waals surface area contributed by atoms with Gasteiger partial charge in [0.2, 0.25) is 0 Å². The van der Waals surface area contributed by atoms with E-state index in [0.717, 1.165) is 43.2 Å². The highest BCUT2D eigenvalue weighted by Gasteiger charge is 2.35. The fourth-order valence-electron chi connectivity index (χ4n) is 3.83. The van der Waals surface area contributed by atoms with E-state index in [9.17, 15) is 15.3 Å². The average molecular weight is 402 g/mol. The van der Waals surface area contributed by atoms with Gasteiger partial charge < -0.3 is 29.5 Å². The zero-order valence-electron chi connectivity index (χ0n) is 17.2. The van der Waals surface area contributed by atoms with Gasteiger partial charge in [-0.05, 0) is 74.9 Å². The molecule has 0 saturated carbocycles. The number of phenolic OH excluding ortho intramolecular Hbond substituents is 3. The Hall–Kier alpha value is -2.44. The number of aromatic hydroxyl groups is 3. The molecule has 0 radical (unpaired) electrons. The molecule has 2 atom stereocenters. The minimum Gasteiger partial charge on any atom is -0.504 e. The van der Waals surface area contributed by atoms with Crippen LogP contribution in [0.15, 0.2) is 36.4 Å². The smallest absolute Gasteiger partial charge is 0.163 e. The van der Waals surface area contributed by atoms with Crippen molar-refractivity contribution < 1.29 is 29.5 Å². The first-order valence-corrected chi connectivity index (χ1v) is 9.98. The van der Waals surface area contributed by atoms with Crippen LogP contribution >= 0.6 is 0 Å². The molecule has 1 heterocycles. The molecule has 0 spiro atoms. The molecule has 2 aromatic carbocycles. The van der Waals surface area contributed by atoms with Crippen LogP contribution in [0.2, 0.25) is 0 Å². The quantitative estimate of drug-likeness (QED) is 0.599.